The van der Waals surface area contributed by atoms with Crippen molar-refractivity contribution in [2.45, 2.75) is 82.8 Å². The topological polar surface area (TPSA) is 47.4 Å². The minimum atomic E-state index is 0.118. The van der Waals surface area contributed by atoms with Gasteiger partial charge >= 0.3 is 0 Å². The standard InChI is InChI=1S/C25H35N3O2/c29-24(13-12-19-7-2-1-3-8-19)27-16-14-20(15-17-27)28-22-10-5-4-9-21(22)26-25(28)23-11-6-18-30-23/h4-5,9-10,19-20,23H,1-3,6-8,11-18H2. The number of nitrogens with zero attached hydrogens (tertiary/aromatic N) is 3. The van der Waals surface area contributed by atoms with Crippen molar-refractivity contribution >= 4 is 16.9 Å². The first-order valence-electron chi connectivity index (χ1n) is 12.2. The summed E-state index contributed by atoms with van der Waals surface area (Å²) in [6.45, 7) is 2.57. The van der Waals surface area contributed by atoms with Crippen LogP contribution in [0.3, 0.4) is 0 Å². The first kappa shape index (κ1) is 20.0. The molecule has 5 nitrogen and oxygen atoms in total. The van der Waals surface area contributed by atoms with Gasteiger partial charge in [0, 0.05) is 32.2 Å². The van der Waals surface area contributed by atoms with E-state index in [4.69, 9.17) is 9.72 Å². The van der Waals surface area contributed by atoms with Gasteiger partial charge in [0.2, 0.25) is 5.91 Å². The average Bonchev–Trinajstić information content (AvgIpc) is 3.46. The van der Waals surface area contributed by atoms with Gasteiger partial charge in [0.1, 0.15) is 11.9 Å². The van der Waals surface area contributed by atoms with Crippen molar-refractivity contribution in [3.8, 4) is 0 Å². The maximum Gasteiger partial charge on any atom is 0.222 e. The highest BCUT2D eigenvalue weighted by molar-refractivity contribution is 5.77. The van der Waals surface area contributed by atoms with Crippen LogP contribution in [-0.2, 0) is 9.53 Å². The number of ether oxygens (including phenoxy) is 1. The van der Waals surface area contributed by atoms with Crippen LogP contribution in [0.1, 0.15) is 88.6 Å². The Morgan fingerprint density at radius 1 is 1.00 bits per heavy atom. The molecule has 1 aliphatic carbocycles. The van der Waals surface area contributed by atoms with Gasteiger partial charge in [-0.3, -0.25) is 4.79 Å². The zero-order valence-electron chi connectivity index (χ0n) is 18.1. The molecule has 0 bridgehead atoms. The van der Waals surface area contributed by atoms with Crippen molar-refractivity contribution in [2.75, 3.05) is 19.7 Å². The van der Waals surface area contributed by atoms with Crippen LogP contribution in [0.2, 0.25) is 0 Å². The molecule has 162 valence electrons. The van der Waals surface area contributed by atoms with Crippen molar-refractivity contribution in [3.63, 3.8) is 0 Å². The van der Waals surface area contributed by atoms with E-state index in [1.54, 1.807) is 0 Å². The lowest BCUT2D eigenvalue weighted by molar-refractivity contribution is -0.132. The van der Waals surface area contributed by atoms with E-state index in [2.05, 4.69) is 33.7 Å². The number of para-hydroxylation sites is 2. The third kappa shape index (κ3) is 4.14. The Balaban J connectivity index is 1.24. The fourth-order valence-corrected chi connectivity index (χ4v) is 5.79. The Hall–Kier alpha value is -1.88. The molecule has 1 amide bonds. The molecule has 1 aromatic carbocycles. The van der Waals surface area contributed by atoms with Crippen LogP contribution in [0.25, 0.3) is 11.0 Å². The quantitative estimate of drug-likeness (QED) is 0.663. The number of aromatic nitrogens is 2. The maximum atomic E-state index is 12.8. The van der Waals surface area contributed by atoms with Crippen molar-refractivity contribution in [3.05, 3.63) is 30.1 Å². The molecular weight excluding hydrogens is 374 g/mol. The van der Waals surface area contributed by atoms with Gasteiger partial charge < -0.3 is 14.2 Å². The molecule has 0 N–H and O–H groups in total. The molecule has 0 spiro atoms. The van der Waals surface area contributed by atoms with E-state index in [1.165, 1.54) is 37.6 Å². The van der Waals surface area contributed by atoms with Crippen molar-refractivity contribution in [2.24, 2.45) is 5.92 Å². The summed E-state index contributed by atoms with van der Waals surface area (Å²) in [6.07, 6.45) is 12.9. The zero-order chi connectivity index (χ0) is 20.3. The van der Waals surface area contributed by atoms with Gasteiger partial charge in [-0.1, -0.05) is 44.2 Å². The van der Waals surface area contributed by atoms with Gasteiger partial charge in [-0.15, -0.1) is 0 Å². The summed E-state index contributed by atoms with van der Waals surface area (Å²) < 4.78 is 8.44. The van der Waals surface area contributed by atoms with Crippen LogP contribution in [0.4, 0.5) is 0 Å². The second-order valence-electron chi connectivity index (χ2n) is 9.49. The lowest BCUT2D eigenvalue weighted by Gasteiger charge is -2.34. The number of imidazole rings is 1. The summed E-state index contributed by atoms with van der Waals surface area (Å²) in [4.78, 5) is 19.9. The van der Waals surface area contributed by atoms with Crippen LogP contribution >= 0.6 is 0 Å². The lowest BCUT2D eigenvalue weighted by Crippen LogP contribution is -2.39. The van der Waals surface area contributed by atoms with Gasteiger partial charge in [-0.2, -0.15) is 0 Å². The molecule has 1 saturated carbocycles. The normalized spacial score (nSPS) is 24.0. The highest BCUT2D eigenvalue weighted by Gasteiger charge is 2.31. The van der Waals surface area contributed by atoms with Crippen LogP contribution in [0.15, 0.2) is 24.3 Å². The van der Waals surface area contributed by atoms with Gasteiger partial charge in [0.15, 0.2) is 0 Å². The number of likely N-dealkylation sites (tertiary alicyclic amines) is 1. The Labute approximate surface area is 179 Å². The lowest BCUT2D eigenvalue weighted by atomic mass is 9.86. The third-order valence-corrected chi connectivity index (χ3v) is 7.51. The molecule has 3 heterocycles. The predicted octanol–water partition coefficient (Wildman–Crippen LogP) is 5.41. The highest BCUT2D eigenvalue weighted by Crippen LogP contribution is 2.36. The van der Waals surface area contributed by atoms with Gasteiger partial charge in [-0.05, 0) is 50.2 Å². The van der Waals surface area contributed by atoms with Crippen LogP contribution in [0, 0.1) is 5.92 Å². The third-order valence-electron chi connectivity index (χ3n) is 7.51. The monoisotopic (exact) mass is 409 g/mol. The molecule has 5 heteroatoms. The summed E-state index contributed by atoms with van der Waals surface area (Å²) in [7, 11) is 0. The maximum absolute atomic E-state index is 12.8. The molecule has 2 saturated heterocycles. The molecule has 1 aromatic heterocycles. The number of amides is 1. The summed E-state index contributed by atoms with van der Waals surface area (Å²) >= 11 is 0. The summed E-state index contributed by atoms with van der Waals surface area (Å²) in [6, 6.07) is 8.85. The number of carbonyl (C=O) groups excluding carboxylic acids is 1. The molecule has 0 radical (unpaired) electrons. The first-order valence-corrected chi connectivity index (χ1v) is 12.2. The van der Waals surface area contributed by atoms with E-state index in [0.29, 0.717) is 11.9 Å². The van der Waals surface area contributed by atoms with E-state index in [-0.39, 0.29) is 6.10 Å². The molecule has 3 aliphatic rings. The summed E-state index contributed by atoms with van der Waals surface area (Å²) in [5, 5.41) is 0. The number of hydrogen-bond acceptors (Lipinski definition) is 3. The fraction of sp³-hybridized carbons (Fsp3) is 0.680. The van der Waals surface area contributed by atoms with Crippen LogP contribution in [0.5, 0.6) is 0 Å². The summed E-state index contributed by atoms with van der Waals surface area (Å²) in [5.41, 5.74) is 2.28. The molecule has 1 atom stereocenters. The molecule has 2 aliphatic heterocycles. The minimum absolute atomic E-state index is 0.118. The summed E-state index contributed by atoms with van der Waals surface area (Å²) in [5.74, 6) is 2.25. The van der Waals surface area contributed by atoms with E-state index < -0.39 is 0 Å². The molecule has 30 heavy (non-hydrogen) atoms. The van der Waals surface area contributed by atoms with Gasteiger partial charge in [0.25, 0.3) is 0 Å². The minimum Gasteiger partial charge on any atom is -0.370 e. The number of hydrogen-bond donors (Lipinski definition) is 0. The molecule has 5 rings (SSSR count). The van der Waals surface area contributed by atoms with E-state index in [9.17, 15) is 4.79 Å². The fourth-order valence-electron chi connectivity index (χ4n) is 5.79. The first-order chi connectivity index (χ1) is 14.8. The van der Waals surface area contributed by atoms with E-state index in [0.717, 1.165) is 75.5 Å². The number of fused-ring (bicyclic) bond motifs is 1. The second kappa shape index (κ2) is 9.09. The Kier molecular flexibility index (Phi) is 6.07. The zero-order valence-corrected chi connectivity index (χ0v) is 18.1. The number of piperidine rings is 1. The Morgan fingerprint density at radius 3 is 2.57 bits per heavy atom. The van der Waals surface area contributed by atoms with Gasteiger partial charge in [0.05, 0.1) is 11.0 Å². The largest absolute Gasteiger partial charge is 0.370 e. The van der Waals surface area contributed by atoms with Gasteiger partial charge in [-0.25, -0.2) is 4.98 Å². The molecule has 1 unspecified atom stereocenters. The van der Waals surface area contributed by atoms with Crippen LogP contribution < -0.4 is 0 Å². The van der Waals surface area contributed by atoms with Crippen molar-refractivity contribution in [1.29, 1.82) is 0 Å². The SMILES string of the molecule is O=C(CCC1CCCCC1)N1CCC(n2c(C3CCCO3)nc3ccccc32)CC1. The van der Waals surface area contributed by atoms with E-state index in [1.807, 2.05) is 0 Å². The van der Waals surface area contributed by atoms with Crippen molar-refractivity contribution in [1.82, 2.24) is 14.5 Å². The predicted molar refractivity (Wildman–Crippen MR) is 118 cm³/mol. The number of benzene rings is 1. The smallest absolute Gasteiger partial charge is 0.222 e. The highest BCUT2D eigenvalue weighted by atomic mass is 16.5. The van der Waals surface area contributed by atoms with Crippen LogP contribution in [-0.4, -0.2) is 40.1 Å². The Bertz CT molecular complexity index is 856. The van der Waals surface area contributed by atoms with E-state index >= 15 is 0 Å². The molecule has 2 aromatic rings. The molecule has 3 fully saturated rings. The number of rotatable bonds is 5. The van der Waals surface area contributed by atoms with Crippen molar-refractivity contribution < 1.29 is 9.53 Å². The average molecular weight is 410 g/mol. The molecular formula is C25H35N3O2. The Morgan fingerprint density at radius 2 is 1.80 bits per heavy atom. The second-order valence-corrected chi connectivity index (χ2v) is 9.49. The number of carbonyl (C=O) groups is 1.